The van der Waals surface area contributed by atoms with Gasteiger partial charge in [0.1, 0.15) is 31.3 Å². The summed E-state index contributed by atoms with van der Waals surface area (Å²) in [6.45, 7) is 11.0. The third-order valence-corrected chi connectivity index (χ3v) is 5.03. The van der Waals surface area contributed by atoms with Gasteiger partial charge in [0.2, 0.25) is 0 Å². The molecular formula is C28H34N4O7. The summed E-state index contributed by atoms with van der Waals surface area (Å²) in [4.78, 5) is 36.1. The molecule has 2 aromatic rings. The fraction of sp³-hybridized carbons (Fsp3) is 0.286. The molecule has 0 spiro atoms. The number of ether oxygens (including phenoxy) is 4. The van der Waals surface area contributed by atoms with E-state index < -0.39 is 18.0 Å². The Morgan fingerprint density at radius 1 is 0.897 bits per heavy atom. The predicted octanol–water partition coefficient (Wildman–Crippen LogP) is 4.29. The number of benzene rings is 2. The first-order chi connectivity index (χ1) is 18.8. The Kier molecular flexibility index (Phi) is 12.6. The second-order valence-electron chi connectivity index (χ2n) is 8.01. The molecule has 11 nitrogen and oxygen atoms in total. The number of anilines is 2. The lowest BCUT2D eigenvalue weighted by Crippen LogP contribution is -2.29. The first-order valence-corrected chi connectivity index (χ1v) is 12.2. The third kappa shape index (κ3) is 10.2. The maximum Gasteiger partial charge on any atom is 0.407 e. The summed E-state index contributed by atoms with van der Waals surface area (Å²) in [5.74, 6) is -0.0332. The van der Waals surface area contributed by atoms with Crippen LogP contribution in [0.2, 0.25) is 0 Å². The van der Waals surface area contributed by atoms with Gasteiger partial charge in [-0.1, -0.05) is 44.3 Å². The first kappa shape index (κ1) is 30.4. The third-order valence-electron chi connectivity index (χ3n) is 5.03. The van der Waals surface area contributed by atoms with Crippen molar-refractivity contribution in [1.29, 1.82) is 0 Å². The molecule has 0 saturated heterocycles. The molecular weight excluding hydrogens is 504 g/mol. The van der Waals surface area contributed by atoms with Crippen molar-refractivity contribution < 1.29 is 33.3 Å². The van der Waals surface area contributed by atoms with E-state index in [-0.39, 0.29) is 37.7 Å². The van der Waals surface area contributed by atoms with E-state index in [2.05, 4.69) is 34.3 Å². The minimum Gasteiger partial charge on any atom is -0.495 e. The standard InChI is InChI=1S/C28H34N4O7/c1-6-20(4)25(26(33)30-21-11-7-9-13-23(21)36-5)32-31-22-12-8-10-14-24(22)37-17-18-39-28(35)29-15-16-38-27(34)19(2)3/h7-14,31H,2,4,6,15-18H2,1,3,5H3,(H,29,35)(H,30,33)/b32-25+. The highest BCUT2D eigenvalue weighted by molar-refractivity contribution is 6.48. The Morgan fingerprint density at radius 3 is 2.23 bits per heavy atom. The normalized spacial score (nSPS) is 10.6. The molecule has 0 aromatic heterocycles. The molecule has 0 bridgehead atoms. The van der Waals surface area contributed by atoms with E-state index in [4.69, 9.17) is 18.9 Å². The van der Waals surface area contributed by atoms with Crippen LogP contribution >= 0.6 is 0 Å². The average molecular weight is 539 g/mol. The van der Waals surface area contributed by atoms with Crippen molar-refractivity contribution in [2.45, 2.75) is 20.3 Å². The highest BCUT2D eigenvalue weighted by Gasteiger charge is 2.17. The summed E-state index contributed by atoms with van der Waals surface area (Å²) < 4.78 is 20.9. The van der Waals surface area contributed by atoms with Gasteiger partial charge in [-0.05, 0) is 43.2 Å². The topological polar surface area (TPSA) is 137 Å². The number of hydrogen-bond acceptors (Lipinski definition) is 9. The van der Waals surface area contributed by atoms with Crippen molar-refractivity contribution in [3.05, 3.63) is 72.8 Å². The van der Waals surface area contributed by atoms with Gasteiger partial charge in [-0.3, -0.25) is 10.2 Å². The maximum atomic E-state index is 13.0. The van der Waals surface area contributed by atoms with Crippen LogP contribution in [0.5, 0.6) is 11.5 Å². The highest BCUT2D eigenvalue weighted by atomic mass is 16.6. The minimum atomic E-state index is -0.676. The molecule has 2 rings (SSSR count). The number of amides is 2. The number of nitrogens with zero attached hydrogens (tertiary/aromatic N) is 1. The molecule has 2 aromatic carbocycles. The van der Waals surface area contributed by atoms with Crippen molar-refractivity contribution in [3.63, 3.8) is 0 Å². The molecule has 0 atom stereocenters. The van der Waals surface area contributed by atoms with E-state index in [0.717, 1.165) is 0 Å². The second kappa shape index (κ2) is 16.1. The fourth-order valence-electron chi connectivity index (χ4n) is 2.95. The van der Waals surface area contributed by atoms with Gasteiger partial charge in [0, 0.05) is 5.57 Å². The number of methoxy groups -OCH3 is 1. The zero-order valence-corrected chi connectivity index (χ0v) is 22.4. The number of carbonyl (C=O) groups is 3. The Morgan fingerprint density at radius 2 is 1.56 bits per heavy atom. The summed E-state index contributed by atoms with van der Waals surface area (Å²) in [7, 11) is 1.52. The van der Waals surface area contributed by atoms with Crippen LogP contribution in [-0.4, -0.2) is 57.2 Å². The van der Waals surface area contributed by atoms with E-state index >= 15 is 0 Å². The molecule has 208 valence electrons. The van der Waals surface area contributed by atoms with Crippen LogP contribution in [-0.2, 0) is 19.1 Å². The second-order valence-corrected chi connectivity index (χ2v) is 8.01. The average Bonchev–Trinajstić information content (AvgIpc) is 2.94. The molecule has 2 amide bonds. The predicted molar refractivity (Wildman–Crippen MR) is 149 cm³/mol. The zero-order chi connectivity index (χ0) is 28.6. The van der Waals surface area contributed by atoms with Crippen LogP contribution in [0.4, 0.5) is 16.2 Å². The van der Waals surface area contributed by atoms with E-state index in [1.807, 2.05) is 6.92 Å². The molecule has 0 fully saturated rings. The summed E-state index contributed by atoms with van der Waals surface area (Å²) in [6.07, 6.45) is -0.168. The molecule has 0 unspecified atom stereocenters. The van der Waals surface area contributed by atoms with E-state index in [0.29, 0.717) is 34.9 Å². The smallest absolute Gasteiger partial charge is 0.407 e. The van der Waals surface area contributed by atoms with Crippen molar-refractivity contribution in [3.8, 4) is 11.5 Å². The lowest BCUT2D eigenvalue weighted by Gasteiger charge is -2.14. The van der Waals surface area contributed by atoms with Gasteiger partial charge in [-0.2, -0.15) is 5.10 Å². The van der Waals surface area contributed by atoms with Crippen molar-refractivity contribution in [2.75, 3.05) is 44.2 Å². The van der Waals surface area contributed by atoms with Crippen LogP contribution in [0.1, 0.15) is 20.3 Å². The SMILES string of the molecule is C=C(C)C(=O)OCCNC(=O)OCCOc1ccccc1N/N=C(\C(=C)CC)C(=O)Nc1ccccc1OC. The van der Waals surface area contributed by atoms with Gasteiger partial charge in [0.05, 0.1) is 25.0 Å². The lowest BCUT2D eigenvalue weighted by molar-refractivity contribution is -0.138. The Hall–Kier alpha value is -4.80. The van der Waals surface area contributed by atoms with Crippen LogP contribution in [0, 0.1) is 0 Å². The molecule has 0 aliphatic heterocycles. The van der Waals surface area contributed by atoms with Crippen molar-refractivity contribution in [2.24, 2.45) is 5.10 Å². The van der Waals surface area contributed by atoms with Crippen molar-refractivity contribution in [1.82, 2.24) is 5.32 Å². The molecule has 0 aliphatic rings. The van der Waals surface area contributed by atoms with Gasteiger partial charge in [-0.25, -0.2) is 9.59 Å². The molecule has 11 heteroatoms. The molecule has 39 heavy (non-hydrogen) atoms. The largest absolute Gasteiger partial charge is 0.495 e. The van der Waals surface area contributed by atoms with E-state index in [1.165, 1.54) is 14.0 Å². The van der Waals surface area contributed by atoms with Gasteiger partial charge in [-0.15, -0.1) is 0 Å². The lowest BCUT2D eigenvalue weighted by atomic mass is 10.1. The van der Waals surface area contributed by atoms with Crippen LogP contribution in [0.25, 0.3) is 0 Å². The van der Waals surface area contributed by atoms with Crippen LogP contribution in [0.3, 0.4) is 0 Å². The molecule has 0 aliphatic carbocycles. The fourth-order valence-corrected chi connectivity index (χ4v) is 2.95. The van der Waals surface area contributed by atoms with E-state index in [1.54, 1.807) is 48.5 Å². The van der Waals surface area contributed by atoms with Gasteiger partial charge in [0.25, 0.3) is 5.91 Å². The van der Waals surface area contributed by atoms with Gasteiger partial charge < -0.3 is 29.6 Å². The zero-order valence-electron chi connectivity index (χ0n) is 22.4. The molecule has 0 saturated carbocycles. The molecule has 0 heterocycles. The Balaban J connectivity index is 1.93. The quantitative estimate of drug-likeness (QED) is 0.100. The number of rotatable bonds is 15. The monoisotopic (exact) mass is 538 g/mol. The number of esters is 1. The highest BCUT2D eigenvalue weighted by Crippen LogP contribution is 2.25. The number of alkyl carbamates (subject to hydrolysis) is 1. The summed E-state index contributed by atoms with van der Waals surface area (Å²) in [6, 6.07) is 14.0. The first-order valence-electron chi connectivity index (χ1n) is 12.2. The van der Waals surface area contributed by atoms with Crippen LogP contribution < -0.4 is 25.5 Å². The summed E-state index contributed by atoms with van der Waals surface area (Å²) in [5.41, 5.74) is 4.79. The number of hydrogen-bond donors (Lipinski definition) is 3. The van der Waals surface area contributed by atoms with Crippen LogP contribution in [0.15, 0.2) is 77.9 Å². The summed E-state index contributed by atoms with van der Waals surface area (Å²) >= 11 is 0. The molecule has 0 radical (unpaired) electrons. The van der Waals surface area contributed by atoms with Crippen molar-refractivity contribution >= 4 is 35.1 Å². The number of carbonyl (C=O) groups excluding carboxylic acids is 3. The Bertz CT molecular complexity index is 1210. The molecule has 3 N–H and O–H groups in total. The maximum absolute atomic E-state index is 13.0. The van der Waals surface area contributed by atoms with Gasteiger partial charge >= 0.3 is 12.1 Å². The minimum absolute atomic E-state index is 0.000212. The number of hydrazone groups is 1. The summed E-state index contributed by atoms with van der Waals surface area (Å²) in [5, 5.41) is 9.56. The Labute approximate surface area is 227 Å². The number of para-hydroxylation sites is 4. The van der Waals surface area contributed by atoms with Gasteiger partial charge in [0.15, 0.2) is 5.71 Å². The van der Waals surface area contributed by atoms with E-state index in [9.17, 15) is 14.4 Å². The number of nitrogens with one attached hydrogen (secondary N) is 3.